The first kappa shape index (κ1) is 14.6. The molecule has 2 aliphatic rings. The average molecular weight is 290 g/mol. The van der Waals surface area contributed by atoms with Gasteiger partial charge in [-0.2, -0.15) is 0 Å². The van der Waals surface area contributed by atoms with Crippen LogP contribution in [-0.2, 0) is 6.54 Å². The largest absolute Gasteiger partial charge is 0.347 e. The highest BCUT2D eigenvalue weighted by Gasteiger charge is 2.59. The fraction of sp³-hybridized carbons (Fsp3) is 0.750. The molecular formula is C16H26N4O. The zero-order valence-corrected chi connectivity index (χ0v) is 13.2. The summed E-state index contributed by atoms with van der Waals surface area (Å²) in [7, 11) is 0. The molecule has 1 heterocycles. The quantitative estimate of drug-likeness (QED) is 0.888. The summed E-state index contributed by atoms with van der Waals surface area (Å²) in [5, 5.41) is 3.27. The van der Waals surface area contributed by atoms with Crippen molar-refractivity contribution in [2.75, 3.05) is 6.54 Å². The van der Waals surface area contributed by atoms with Crippen LogP contribution in [-0.4, -0.2) is 28.0 Å². The van der Waals surface area contributed by atoms with E-state index in [4.69, 9.17) is 5.73 Å². The third-order valence-corrected chi connectivity index (χ3v) is 5.80. The van der Waals surface area contributed by atoms with Crippen molar-refractivity contribution in [1.29, 1.82) is 0 Å². The number of aromatic nitrogens is 2. The molecule has 1 aromatic rings. The third kappa shape index (κ3) is 2.27. The number of nitrogens with two attached hydrogens (primary N) is 1. The normalized spacial score (nSPS) is 33.3. The number of rotatable bonds is 4. The molecule has 1 aromatic heterocycles. The van der Waals surface area contributed by atoms with Crippen molar-refractivity contribution < 1.29 is 4.79 Å². The smallest absolute Gasteiger partial charge is 0.271 e. The topological polar surface area (TPSA) is 72.9 Å². The molecule has 3 rings (SSSR count). The maximum absolute atomic E-state index is 12.5. The van der Waals surface area contributed by atoms with Gasteiger partial charge in [-0.25, -0.2) is 4.98 Å². The molecule has 21 heavy (non-hydrogen) atoms. The van der Waals surface area contributed by atoms with Crippen molar-refractivity contribution in [3.05, 3.63) is 18.2 Å². The van der Waals surface area contributed by atoms with Crippen molar-refractivity contribution in [1.82, 2.24) is 14.9 Å². The molecule has 3 N–H and O–H groups in total. The summed E-state index contributed by atoms with van der Waals surface area (Å²) < 4.78 is 1.86. The minimum absolute atomic E-state index is 0.0578. The number of hydrogen-bond acceptors (Lipinski definition) is 3. The lowest BCUT2D eigenvalue weighted by molar-refractivity contribution is 0.0733. The van der Waals surface area contributed by atoms with Gasteiger partial charge >= 0.3 is 0 Å². The van der Waals surface area contributed by atoms with Gasteiger partial charge in [0, 0.05) is 25.3 Å². The summed E-state index contributed by atoms with van der Waals surface area (Å²) in [5.74, 6) is 0.667. The minimum atomic E-state index is -0.0578. The predicted molar refractivity (Wildman–Crippen MR) is 81.8 cm³/mol. The lowest BCUT2D eigenvalue weighted by Gasteiger charge is -2.43. The first-order valence-corrected chi connectivity index (χ1v) is 7.89. The van der Waals surface area contributed by atoms with Gasteiger partial charge in [0.1, 0.15) is 5.69 Å². The van der Waals surface area contributed by atoms with Crippen LogP contribution in [0.2, 0.25) is 0 Å². The van der Waals surface area contributed by atoms with Gasteiger partial charge in [-0.3, -0.25) is 4.79 Å². The maximum atomic E-state index is 12.5. The van der Waals surface area contributed by atoms with Crippen LogP contribution in [0.5, 0.6) is 0 Å². The number of fused-ring (bicyclic) bond motifs is 2. The van der Waals surface area contributed by atoms with Gasteiger partial charge < -0.3 is 15.6 Å². The molecule has 5 heteroatoms. The molecule has 0 spiro atoms. The molecular weight excluding hydrogens is 264 g/mol. The monoisotopic (exact) mass is 290 g/mol. The van der Waals surface area contributed by atoms with E-state index in [9.17, 15) is 4.79 Å². The molecule has 0 aliphatic heterocycles. The zero-order valence-electron chi connectivity index (χ0n) is 13.2. The van der Waals surface area contributed by atoms with Crippen molar-refractivity contribution in [3.63, 3.8) is 0 Å². The Morgan fingerprint density at radius 2 is 2.29 bits per heavy atom. The van der Waals surface area contributed by atoms with E-state index in [1.54, 1.807) is 12.5 Å². The Morgan fingerprint density at radius 1 is 1.52 bits per heavy atom. The van der Waals surface area contributed by atoms with Crippen LogP contribution >= 0.6 is 0 Å². The van der Waals surface area contributed by atoms with Gasteiger partial charge in [0.05, 0.1) is 6.33 Å². The van der Waals surface area contributed by atoms with Crippen molar-refractivity contribution >= 4 is 5.91 Å². The molecule has 3 atom stereocenters. The highest BCUT2D eigenvalue weighted by Crippen LogP contribution is 2.62. The van der Waals surface area contributed by atoms with E-state index in [0.29, 0.717) is 18.8 Å². The fourth-order valence-electron chi connectivity index (χ4n) is 4.62. The van der Waals surface area contributed by atoms with E-state index in [1.807, 2.05) is 4.57 Å². The van der Waals surface area contributed by atoms with Gasteiger partial charge in [-0.1, -0.05) is 20.8 Å². The summed E-state index contributed by atoms with van der Waals surface area (Å²) in [4.78, 5) is 16.7. The molecule has 116 valence electrons. The SMILES string of the molecule is CC12CCC(C1)C(C)(C)C2NC(=O)c1cn(CCN)cn1. The Labute approximate surface area is 126 Å². The van der Waals surface area contributed by atoms with Crippen molar-refractivity contribution in [2.24, 2.45) is 22.5 Å². The Bertz CT molecular complexity index is 545. The molecule has 3 unspecified atom stereocenters. The van der Waals surface area contributed by atoms with E-state index in [2.05, 4.69) is 31.1 Å². The fourth-order valence-corrected chi connectivity index (χ4v) is 4.62. The van der Waals surface area contributed by atoms with E-state index in [1.165, 1.54) is 19.3 Å². The van der Waals surface area contributed by atoms with Crippen LogP contribution in [0.3, 0.4) is 0 Å². The van der Waals surface area contributed by atoms with E-state index in [0.717, 1.165) is 5.92 Å². The van der Waals surface area contributed by atoms with Crippen LogP contribution < -0.4 is 11.1 Å². The van der Waals surface area contributed by atoms with Crippen LogP contribution in [0.15, 0.2) is 12.5 Å². The molecule has 0 radical (unpaired) electrons. The standard InChI is InChI=1S/C16H26N4O/c1-15(2)11-4-5-16(3,8-11)14(15)19-13(21)12-9-20(7-6-17)10-18-12/h9-11,14H,4-8,17H2,1-3H3,(H,19,21). The number of amides is 1. The lowest BCUT2D eigenvalue weighted by atomic mass is 9.68. The molecule has 0 aromatic carbocycles. The number of nitrogens with zero attached hydrogens (tertiary/aromatic N) is 2. The summed E-state index contributed by atoms with van der Waals surface area (Å²) in [5.41, 5.74) is 6.42. The molecule has 2 fully saturated rings. The van der Waals surface area contributed by atoms with Gasteiger partial charge in [-0.15, -0.1) is 0 Å². The molecule has 5 nitrogen and oxygen atoms in total. The Balaban J connectivity index is 1.75. The summed E-state index contributed by atoms with van der Waals surface area (Å²) in [6.45, 7) is 8.14. The number of carbonyl (C=O) groups excluding carboxylic acids is 1. The average Bonchev–Trinajstić information content (AvgIpc) is 3.06. The van der Waals surface area contributed by atoms with Crippen LogP contribution in [0, 0.1) is 16.7 Å². The highest BCUT2D eigenvalue weighted by molar-refractivity contribution is 5.92. The third-order valence-electron chi connectivity index (χ3n) is 5.80. The molecule has 2 saturated carbocycles. The first-order chi connectivity index (χ1) is 9.87. The Hall–Kier alpha value is -1.36. The van der Waals surface area contributed by atoms with E-state index >= 15 is 0 Å². The Morgan fingerprint density at radius 3 is 2.90 bits per heavy atom. The maximum Gasteiger partial charge on any atom is 0.271 e. The molecule has 0 saturated heterocycles. The van der Waals surface area contributed by atoms with Crippen LogP contribution in [0.1, 0.15) is 50.5 Å². The van der Waals surface area contributed by atoms with Crippen molar-refractivity contribution in [2.45, 2.75) is 52.6 Å². The first-order valence-electron chi connectivity index (χ1n) is 7.89. The van der Waals surface area contributed by atoms with Gasteiger partial charge in [0.25, 0.3) is 5.91 Å². The lowest BCUT2D eigenvalue weighted by Crippen LogP contribution is -2.52. The molecule has 2 bridgehead atoms. The molecule has 2 aliphatic carbocycles. The second kappa shape index (κ2) is 4.83. The second-order valence-corrected chi connectivity index (χ2v) is 7.61. The number of carbonyl (C=O) groups is 1. The minimum Gasteiger partial charge on any atom is -0.347 e. The number of nitrogens with one attached hydrogen (secondary N) is 1. The van der Waals surface area contributed by atoms with E-state index < -0.39 is 0 Å². The predicted octanol–water partition coefficient (Wildman–Crippen LogP) is 1.79. The van der Waals surface area contributed by atoms with Crippen LogP contribution in [0.25, 0.3) is 0 Å². The van der Waals surface area contributed by atoms with Crippen LogP contribution in [0.4, 0.5) is 0 Å². The summed E-state index contributed by atoms with van der Waals surface area (Å²) >= 11 is 0. The molecule has 1 amide bonds. The number of hydrogen-bond donors (Lipinski definition) is 2. The van der Waals surface area contributed by atoms with Gasteiger partial charge in [0.2, 0.25) is 0 Å². The van der Waals surface area contributed by atoms with Gasteiger partial charge in [-0.05, 0) is 36.0 Å². The number of imidazole rings is 1. The summed E-state index contributed by atoms with van der Waals surface area (Å²) in [6.07, 6.45) is 7.20. The zero-order chi connectivity index (χ0) is 15.3. The summed E-state index contributed by atoms with van der Waals surface area (Å²) in [6, 6.07) is 0.232. The Kier molecular flexibility index (Phi) is 3.35. The van der Waals surface area contributed by atoms with Crippen molar-refractivity contribution in [3.8, 4) is 0 Å². The van der Waals surface area contributed by atoms with E-state index in [-0.39, 0.29) is 22.8 Å². The van der Waals surface area contributed by atoms with Gasteiger partial charge in [0.15, 0.2) is 0 Å². The highest BCUT2D eigenvalue weighted by atomic mass is 16.2. The second-order valence-electron chi connectivity index (χ2n) is 7.61.